The minimum atomic E-state index is -0.420. The summed E-state index contributed by atoms with van der Waals surface area (Å²) in [4.78, 5) is 0. The Morgan fingerprint density at radius 2 is 1.89 bits per heavy atom. The Kier molecular flexibility index (Phi) is 3.09. The minimum absolute atomic E-state index is 0.242. The van der Waals surface area contributed by atoms with E-state index < -0.39 is 6.04 Å². The van der Waals surface area contributed by atoms with Gasteiger partial charge in [0, 0.05) is 10.3 Å². The molecule has 1 atom stereocenters. The lowest BCUT2D eigenvalue weighted by Gasteiger charge is -2.13. The Labute approximate surface area is 115 Å². The molecule has 1 unspecified atom stereocenters. The van der Waals surface area contributed by atoms with Crippen LogP contribution in [0.25, 0.3) is 10.1 Å². The monoisotopic (exact) mass is 271 g/mol. The third-order valence-electron chi connectivity index (χ3n) is 3.33. The van der Waals surface area contributed by atoms with Crippen LogP contribution in [0.5, 0.6) is 0 Å². The fourth-order valence-electron chi connectivity index (χ4n) is 2.31. The van der Waals surface area contributed by atoms with Gasteiger partial charge in [-0.15, -0.1) is 11.3 Å². The zero-order chi connectivity index (χ0) is 13.4. The van der Waals surface area contributed by atoms with Crippen molar-refractivity contribution in [2.45, 2.75) is 13.0 Å². The van der Waals surface area contributed by atoms with E-state index in [4.69, 9.17) is 5.73 Å². The Morgan fingerprint density at radius 3 is 2.74 bits per heavy atom. The first-order valence-corrected chi connectivity index (χ1v) is 7.02. The maximum absolute atomic E-state index is 13.9. The number of benzene rings is 2. The third kappa shape index (κ3) is 2.15. The largest absolute Gasteiger partial charge is 0.320 e. The van der Waals surface area contributed by atoms with Gasteiger partial charge < -0.3 is 5.73 Å². The van der Waals surface area contributed by atoms with E-state index in [0.717, 1.165) is 16.5 Å². The summed E-state index contributed by atoms with van der Waals surface area (Å²) in [6, 6.07) is 12.7. The van der Waals surface area contributed by atoms with Crippen LogP contribution in [0.1, 0.15) is 22.7 Å². The van der Waals surface area contributed by atoms with Crippen LogP contribution in [0.4, 0.5) is 4.39 Å². The Bertz CT molecular complexity index is 732. The van der Waals surface area contributed by atoms with Crippen molar-refractivity contribution in [3.8, 4) is 0 Å². The van der Waals surface area contributed by atoms with Gasteiger partial charge in [-0.25, -0.2) is 4.39 Å². The van der Waals surface area contributed by atoms with Gasteiger partial charge in [-0.05, 0) is 35.4 Å². The maximum atomic E-state index is 13.9. The molecule has 3 aromatic rings. The van der Waals surface area contributed by atoms with Crippen LogP contribution in [-0.2, 0) is 0 Å². The summed E-state index contributed by atoms with van der Waals surface area (Å²) in [5.41, 5.74) is 8.83. The summed E-state index contributed by atoms with van der Waals surface area (Å²) >= 11 is 1.64. The molecule has 0 bridgehead atoms. The van der Waals surface area contributed by atoms with Crippen molar-refractivity contribution in [3.05, 3.63) is 70.4 Å². The smallest absolute Gasteiger partial charge is 0.128 e. The van der Waals surface area contributed by atoms with Crippen molar-refractivity contribution in [1.82, 2.24) is 0 Å². The zero-order valence-corrected chi connectivity index (χ0v) is 11.4. The molecular weight excluding hydrogens is 257 g/mol. The van der Waals surface area contributed by atoms with Crippen molar-refractivity contribution < 1.29 is 4.39 Å². The van der Waals surface area contributed by atoms with E-state index >= 15 is 0 Å². The van der Waals surface area contributed by atoms with Crippen molar-refractivity contribution >= 4 is 21.4 Å². The van der Waals surface area contributed by atoms with Gasteiger partial charge in [-0.1, -0.05) is 35.9 Å². The molecule has 1 heterocycles. The average Bonchev–Trinajstić information content (AvgIpc) is 2.84. The molecule has 0 saturated heterocycles. The third-order valence-corrected chi connectivity index (χ3v) is 4.31. The highest BCUT2D eigenvalue weighted by Gasteiger charge is 2.17. The second-order valence-corrected chi connectivity index (χ2v) is 5.60. The Morgan fingerprint density at radius 1 is 1.11 bits per heavy atom. The molecule has 0 aliphatic rings. The highest BCUT2D eigenvalue weighted by atomic mass is 32.1. The second-order valence-electron chi connectivity index (χ2n) is 4.69. The van der Waals surface area contributed by atoms with E-state index in [0.29, 0.717) is 5.56 Å². The van der Waals surface area contributed by atoms with E-state index in [1.807, 2.05) is 36.6 Å². The van der Waals surface area contributed by atoms with E-state index in [9.17, 15) is 4.39 Å². The number of hydrogen-bond acceptors (Lipinski definition) is 2. The first-order chi connectivity index (χ1) is 9.16. The summed E-state index contributed by atoms with van der Waals surface area (Å²) in [6.45, 7) is 1.95. The van der Waals surface area contributed by atoms with Crippen molar-refractivity contribution in [3.63, 3.8) is 0 Å². The van der Waals surface area contributed by atoms with Crippen LogP contribution < -0.4 is 5.73 Å². The molecule has 2 N–H and O–H groups in total. The van der Waals surface area contributed by atoms with Gasteiger partial charge >= 0.3 is 0 Å². The minimum Gasteiger partial charge on any atom is -0.320 e. The first-order valence-electron chi connectivity index (χ1n) is 6.14. The lowest BCUT2D eigenvalue weighted by atomic mass is 9.97. The highest BCUT2D eigenvalue weighted by molar-refractivity contribution is 7.17. The lowest BCUT2D eigenvalue weighted by molar-refractivity contribution is 0.600. The van der Waals surface area contributed by atoms with E-state index in [1.165, 1.54) is 10.8 Å². The molecule has 19 heavy (non-hydrogen) atoms. The second kappa shape index (κ2) is 4.76. The standard InChI is InChI=1S/C16H14FNS/c1-10-6-7-14(17)12(8-10)16(18)13-9-19-15-5-3-2-4-11(13)15/h2-9,16H,18H2,1H3. The molecule has 0 saturated carbocycles. The maximum Gasteiger partial charge on any atom is 0.128 e. The van der Waals surface area contributed by atoms with E-state index in [-0.39, 0.29) is 5.82 Å². The summed E-state index contributed by atoms with van der Waals surface area (Å²) in [6.07, 6.45) is 0. The topological polar surface area (TPSA) is 26.0 Å². The number of halogens is 1. The molecule has 0 spiro atoms. The fraction of sp³-hybridized carbons (Fsp3) is 0.125. The highest BCUT2D eigenvalue weighted by Crippen LogP contribution is 2.33. The van der Waals surface area contributed by atoms with Crippen LogP contribution >= 0.6 is 11.3 Å². The predicted molar refractivity (Wildman–Crippen MR) is 79.0 cm³/mol. The SMILES string of the molecule is Cc1ccc(F)c(C(N)c2csc3ccccc23)c1. The number of rotatable bonds is 2. The normalized spacial score (nSPS) is 12.8. The van der Waals surface area contributed by atoms with Gasteiger partial charge in [0.05, 0.1) is 6.04 Å². The summed E-state index contributed by atoms with van der Waals surface area (Å²) in [5.74, 6) is -0.242. The number of fused-ring (bicyclic) bond motifs is 1. The summed E-state index contributed by atoms with van der Waals surface area (Å²) in [7, 11) is 0. The van der Waals surface area contributed by atoms with Gasteiger partial charge in [-0.2, -0.15) is 0 Å². The molecule has 3 rings (SSSR count). The molecule has 3 heteroatoms. The van der Waals surface area contributed by atoms with Crippen LogP contribution in [-0.4, -0.2) is 0 Å². The molecule has 0 fully saturated rings. The van der Waals surface area contributed by atoms with Crippen LogP contribution in [0, 0.1) is 12.7 Å². The molecule has 0 aliphatic carbocycles. The zero-order valence-electron chi connectivity index (χ0n) is 10.6. The van der Waals surface area contributed by atoms with Crippen molar-refractivity contribution in [2.24, 2.45) is 5.73 Å². The fourth-order valence-corrected chi connectivity index (χ4v) is 3.31. The molecule has 1 aromatic heterocycles. The lowest BCUT2D eigenvalue weighted by Crippen LogP contribution is -2.13. The number of nitrogens with two attached hydrogens (primary N) is 1. The van der Waals surface area contributed by atoms with Crippen LogP contribution in [0.3, 0.4) is 0 Å². The van der Waals surface area contributed by atoms with Gasteiger partial charge in [-0.3, -0.25) is 0 Å². The van der Waals surface area contributed by atoms with Crippen LogP contribution in [0.15, 0.2) is 47.8 Å². The predicted octanol–water partition coefficient (Wildman–Crippen LogP) is 4.40. The molecule has 0 aliphatic heterocycles. The van der Waals surface area contributed by atoms with Gasteiger partial charge in [0.25, 0.3) is 0 Å². The summed E-state index contributed by atoms with van der Waals surface area (Å²) < 4.78 is 15.1. The summed E-state index contributed by atoms with van der Waals surface area (Å²) in [5, 5.41) is 3.14. The van der Waals surface area contributed by atoms with Gasteiger partial charge in [0.15, 0.2) is 0 Å². The Hall–Kier alpha value is -1.71. The van der Waals surface area contributed by atoms with Crippen molar-refractivity contribution in [1.29, 1.82) is 0 Å². The molecular formula is C16H14FNS. The van der Waals surface area contributed by atoms with E-state index in [2.05, 4.69) is 6.07 Å². The Balaban J connectivity index is 2.13. The molecule has 0 amide bonds. The number of thiophene rings is 1. The van der Waals surface area contributed by atoms with Crippen LogP contribution in [0.2, 0.25) is 0 Å². The molecule has 1 nitrogen and oxygen atoms in total. The van der Waals surface area contributed by atoms with E-state index in [1.54, 1.807) is 17.4 Å². The van der Waals surface area contributed by atoms with Gasteiger partial charge in [0.2, 0.25) is 0 Å². The average molecular weight is 271 g/mol. The first kappa shape index (κ1) is 12.3. The van der Waals surface area contributed by atoms with Gasteiger partial charge in [0.1, 0.15) is 5.82 Å². The van der Waals surface area contributed by atoms with Crippen molar-refractivity contribution in [2.75, 3.05) is 0 Å². The molecule has 96 valence electrons. The molecule has 0 radical (unpaired) electrons. The number of aryl methyl sites for hydroxylation is 1. The quantitative estimate of drug-likeness (QED) is 0.734. The molecule has 2 aromatic carbocycles. The number of hydrogen-bond donors (Lipinski definition) is 1.